The van der Waals surface area contributed by atoms with Crippen LogP contribution in [0.15, 0.2) is 133 Å². The quantitative estimate of drug-likeness (QED) is 0.213. The highest BCUT2D eigenvalue weighted by Gasteiger charge is 2.17. The molecule has 0 saturated heterocycles. The van der Waals surface area contributed by atoms with E-state index in [1.807, 2.05) is 11.3 Å². The number of aromatic nitrogens is 1. The zero-order valence-corrected chi connectivity index (χ0v) is 23.3. The van der Waals surface area contributed by atoms with Crippen molar-refractivity contribution in [3.63, 3.8) is 0 Å². The molecule has 0 bridgehead atoms. The van der Waals surface area contributed by atoms with Crippen molar-refractivity contribution in [3.05, 3.63) is 139 Å². The minimum atomic E-state index is 0.512. The summed E-state index contributed by atoms with van der Waals surface area (Å²) in [6, 6.07) is 40.6. The van der Waals surface area contributed by atoms with Crippen LogP contribution in [0.25, 0.3) is 58.8 Å². The number of allylic oxidation sites excluding steroid dienone is 4. The van der Waals surface area contributed by atoms with Crippen LogP contribution in [0.5, 0.6) is 0 Å². The maximum Gasteiger partial charge on any atom is 0.0541 e. The summed E-state index contributed by atoms with van der Waals surface area (Å²) >= 11 is 1.89. The molecule has 2 heterocycles. The van der Waals surface area contributed by atoms with Gasteiger partial charge < -0.3 is 4.57 Å². The molecule has 0 N–H and O–H groups in total. The summed E-state index contributed by atoms with van der Waals surface area (Å²) in [6.45, 7) is 2.26. The number of rotatable bonds is 4. The van der Waals surface area contributed by atoms with E-state index in [4.69, 9.17) is 0 Å². The molecule has 1 unspecified atom stereocenters. The molecule has 2 heteroatoms. The molecule has 5 aromatic carbocycles. The first-order valence-electron chi connectivity index (χ1n) is 14.2. The van der Waals surface area contributed by atoms with E-state index in [0.29, 0.717) is 5.92 Å². The molecule has 0 fully saturated rings. The predicted octanol–water partition coefficient (Wildman–Crippen LogP) is 11.2. The van der Waals surface area contributed by atoms with Gasteiger partial charge in [0.25, 0.3) is 0 Å². The van der Waals surface area contributed by atoms with Gasteiger partial charge in [0.2, 0.25) is 0 Å². The first-order chi connectivity index (χ1) is 19.8. The maximum absolute atomic E-state index is 2.41. The standard InChI is InChI=1S/C38H29NS/c1-2-25-9-3-4-10-30(25)27-17-15-26(16-18-27)28-19-21-33-34-22-20-29(24-38(34)40-37(33)23-28)39-35-13-7-5-11-31(35)32-12-6-8-14-36(32)39/h3-9,11-24,30H,2,10H2,1H3. The van der Waals surface area contributed by atoms with Crippen LogP contribution in [0.4, 0.5) is 0 Å². The molecule has 1 aliphatic rings. The van der Waals surface area contributed by atoms with E-state index in [2.05, 4.69) is 139 Å². The Kier molecular flexibility index (Phi) is 5.50. The number of fused-ring (bicyclic) bond motifs is 6. The van der Waals surface area contributed by atoms with Crippen LogP contribution in [0, 0.1) is 0 Å². The molecule has 0 aliphatic heterocycles. The summed E-state index contributed by atoms with van der Waals surface area (Å²) < 4.78 is 5.07. The highest BCUT2D eigenvalue weighted by atomic mass is 32.1. The third kappa shape index (κ3) is 3.67. The Morgan fingerprint density at radius 3 is 2.05 bits per heavy atom. The van der Waals surface area contributed by atoms with E-state index < -0.39 is 0 Å². The minimum Gasteiger partial charge on any atom is -0.309 e. The Balaban J connectivity index is 1.19. The lowest BCUT2D eigenvalue weighted by Crippen LogP contribution is -2.03. The SMILES string of the molecule is CCC1=CC=CCC1c1ccc(-c2ccc3c(c2)sc2cc(-n4c5ccccc5c5ccccc54)ccc23)cc1. The Labute approximate surface area is 238 Å². The maximum atomic E-state index is 2.41. The van der Waals surface area contributed by atoms with Crippen LogP contribution in [-0.4, -0.2) is 4.57 Å². The fraction of sp³-hybridized carbons (Fsp3) is 0.105. The van der Waals surface area contributed by atoms with Gasteiger partial charge in [0, 0.05) is 42.6 Å². The third-order valence-electron chi connectivity index (χ3n) is 8.62. The fourth-order valence-corrected chi connectivity index (χ4v) is 7.76. The smallest absolute Gasteiger partial charge is 0.0541 e. The van der Waals surface area contributed by atoms with Crippen LogP contribution in [0.3, 0.4) is 0 Å². The molecule has 0 spiro atoms. The Morgan fingerprint density at radius 2 is 1.32 bits per heavy atom. The van der Waals surface area contributed by atoms with Crippen LogP contribution in [0.2, 0.25) is 0 Å². The lowest BCUT2D eigenvalue weighted by atomic mass is 9.83. The van der Waals surface area contributed by atoms with Crippen molar-refractivity contribution in [3.8, 4) is 16.8 Å². The average molecular weight is 532 g/mol. The van der Waals surface area contributed by atoms with Crippen LogP contribution in [-0.2, 0) is 0 Å². The van der Waals surface area contributed by atoms with E-state index in [1.54, 1.807) is 0 Å². The lowest BCUT2D eigenvalue weighted by molar-refractivity contribution is 0.761. The molecule has 192 valence electrons. The molecule has 40 heavy (non-hydrogen) atoms. The monoisotopic (exact) mass is 531 g/mol. The zero-order chi connectivity index (χ0) is 26.6. The van der Waals surface area contributed by atoms with E-state index in [9.17, 15) is 0 Å². The summed E-state index contributed by atoms with van der Waals surface area (Å²) in [7, 11) is 0. The van der Waals surface area contributed by atoms with Crippen LogP contribution in [0.1, 0.15) is 31.2 Å². The largest absolute Gasteiger partial charge is 0.309 e. The molecule has 1 nitrogen and oxygen atoms in total. The third-order valence-corrected chi connectivity index (χ3v) is 9.73. The van der Waals surface area contributed by atoms with Gasteiger partial charge in [-0.25, -0.2) is 0 Å². The van der Waals surface area contributed by atoms with Gasteiger partial charge in [0.1, 0.15) is 0 Å². The van der Waals surface area contributed by atoms with Crippen LogP contribution < -0.4 is 0 Å². The van der Waals surface area contributed by atoms with Crippen molar-refractivity contribution in [1.29, 1.82) is 0 Å². The van der Waals surface area contributed by atoms with E-state index in [1.165, 1.54) is 69.9 Å². The topological polar surface area (TPSA) is 4.93 Å². The van der Waals surface area contributed by atoms with Crippen molar-refractivity contribution < 1.29 is 0 Å². The number of nitrogens with zero attached hydrogens (tertiary/aromatic N) is 1. The highest BCUT2D eigenvalue weighted by Crippen LogP contribution is 2.40. The van der Waals surface area contributed by atoms with Gasteiger partial charge in [0.15, 0.2) is 0 Å². The molecular weight excluding hydrogens is 502 g/mol. The zero-order valence-electron chi connectivity index (χ0n) is 22.5. The summed E-state index contributed by atoms with van der Waals surface area (Å²) in [5.41, 5.74) is 9.22. The molecule has 1 aliphatic carbocycles. The van der Waals surface area contributed by atoms with Gasteiger partial charge in [-0.3, -0.25) is 0 Å². The highest BCUT2D eigenvalue weighted by molar-refractivity contribution is 7.25. The Bertz CT molecular complexity index is 2060. The summed E-state index contributed by atoms with van der Waals surface area (Å²) in [5, 5.41) is 5.26. The molecule has 1 atom stereocenters. The van der Waals surface area contributed by atoms with Gasteiger partial charge >= 0.3 is 0 Å². The second-order valence-electron chi connectivity index (χ2n) is 10.8. The van der Waals surface area contributed by atoms with Gasteiger partial charge in [-0.15, -0.1) is 11.3 Å². The van der Waals surface area contributed by atoms with Crippen molar-refractivity contribution in [2.45, 2.75) is 25.7 Å². The number of hydrogen-bond acceptors (Lipinski definition) is 1. The van der Waals surface area contributed by atoms with E-state index >= 15 is 0 Å². The number of para-hydroxylation sites is 2. The van der Waals surface area contributed by atoms with Crippen molar-refractivity contribution in [2.24, 2.45) is 0 Å². The summed E-state index contributed by atoms with van der Waals surface area (Å²) in [5.74, 6) is 0.512. The first-order valence-corrected chi connectivity index (χ1v) is 15.0. The van der Waals surface area contributed by atoms with Gasteiger partial charge in [-0.05, 0) is 59.9 Å². The number of benzene rings is 5. The molecule has 7 aromatic rings. The summed E-state index contributed by atoms with van der Waals surface area (Å²) in [6.07, 6.45) is 9.00. The van der Waals surface area contributed by atoms with Gasteiger partial charge in [-0.2, -0.15) is 0 Å². The van der Waals surface area contributed by atoms with Crippen LogP contribution >= 0.6 is 11.3 Å². The Morgan fingerprint density at radius 1 is 0.675 bits per heavy atom. The predicted molar refractivity (Wildman–Crippen MR) is 174 cm³/mol. The molecule has 0 radical (unpaired) electrons. The normalized spacial score (nSPS) is 15.4. The molecule has 0 amide bonds. The molecule has 8 rings (SSSR count). The van der Waals surface area contributed by atoms with Gasteiger partial charge in [0.05, 0.1) is 11.0 Å². The van der Waals surface area contributed by atoms with Gasteiger partial charge in [-0.1, -0.05) is 110 Å². The second kappa shape index (κ2) is 9.36. The van der Waals surface area contributed by atoms with Crippen molar-refractivity contribution in [1.82, 2.24) is 4.57 Å². The van der Waals surface area contributed by atoms with Crippen molar-refractivity contribution in [2.75, 3.05) is 0 Å². The second-order valence-corrected chi connectivity index (χ2v) is 11.9. The average Bonchev–Trinajstić information content (AvgIpc) is 3.56. The van der Waals surface area contributed by atoms with E-state index in [0.717, 1.165) is 12.8 Å². The fourth-order valence-electron chi connectivity index (χ4n) is 6.58. The minimum absolute atomic E-state index is 0.512. The lowest BCUT2D eigenvalue weighted by Gasteiger charge is -2.21. The number of thiophene rings is 1. The summed E-state index contributed by atoms with van der Waals surface area (Å²) in [4.78, 5) is 0. The Hall–Kier alpha value is -4.40. The van der Waals surface area contributed by atoms with E-state index in [-0.39, 0.29) is 0 Å². The number of hydrogen-bond donors (Lipinski definition) is 0. The first kappa shape index (κ1) is 23.5. The molecule has 2 aromatic heterocycles. The molecule has 0 saturated carbocycles. The van der Waals surface area contributed by atoms with Crippen molar-refractivity contribution >= 4 is 53.3 Å². The molecular formula is C38H29NS.